The number of para-hydroxylation sites is 1. The second-order valence-corrected chi connectivity index (χ2v) is 8.37. The summed E-state index contributed by atoms with van der Waals surface area (Å²) in [5.74, 6) is 0.259. The largest absolute Gasteiger partial charge is 0.478 e. The molecule has 2 aromatic rings. The average molecular weight is 416 g/mol. The molecular formula is C24H24N4O3. The molecule has 2 fully saturated rings. The molecular weight excluding hydrogens is 392 g/mol. The third-order valence-electron chi connectivity index (χ3n) is 6.46. The molecule has 7 nitrogen and oxygen atoms in total. The highest BCUT2D eigenvalue weighted by atomic mass is 16.4. The molecule has 0 spiro atoms. The minimum absolute atomic E-state index is 0.0918. The zero-order valence-corrected chi connectivity index (χ0v) is 17.1. The number of carboxylic acids is 1. The van der Waals surface area contributed by atoms with Crippen LogP contribution in [0.3, 0.4) is 0 Å². The summed E-state index contributed by atoms with van der Waals surface area (Å²) >= 11 is 0. The smallest absolute Gasteiger partial charge is 0.337 e. The van der Waals surface area contributed by atoms with Crippen LogP contribution in [0.15, 0.2) is 64.8 Å². The minimum Gasteiger partial charge on any atom is -0.478 e. The number of carboxylic acid groups (broad SMARTS) is 1. The Balaban J connectivity index is 1.22. The maximum Gasteiger partial charge on any atom is 0.337 e. The average Bonchev–Trinajstić information content (AvgIpc) is 3.60. The topological polar surface area (TPSA) is 94.4 Å². The number of benzene rings is 2. The van der Waals surface area contributed by atoms with E-state index in [-0.39, 0.29) is 11.6 Å². The van der Waals surface area contributed by atoms with Gasteiger partial charge in [0, 0.05) is 36.6 Å². The normalized spacial score (nSPS) is 22.8. The maximum absolute atomic E-state index is 12.7. The van der Waals surface area contributed by atoms with Gasteiger partial charge in [-0.2, -0.15) is 10.2 Å². The fourth-order valence-electron chi connectivity index (χ4n) is 4.70. The van der Waals surface area contributed by atoms with Crippen LogP contribution in [0.1, 0.15) is 35.2 Å². The van der Waals surface area contributed by atoms with Gasteiger partial charge in [0.25, 0.3) is 0 Å². The number of rotatable bonds is 4. The van der Waals surface area contributed by atoms with Crippen LogP contribution in [0, 0.1) is 17.8 Å². The molecule has 2 atom stereocenters. The Hall–Kier alpha value is -3.48. The van der Waals surface area contributed by atoms with Crippen LogP contribution < -0.4 is 5.32 Å². The van der Waals surface area contributed by atoms with Gasteiger partial charge in [-0.25, -0.2) is 9.59 Å². The van der Waals surface area contributed by atoms with Crippen LogP contribution in [0.4, 0.5) is 10.5 Å². The summed E-state index contributed by atoms with van der Waals surface area (Å²) in [7, 11) is 0. The molecule has 0 aromatic heterocycles. The molecule has 158 valence electrons. The minimum atomic E-state index is -1.06. The Morgan fingerprint density at radius 2 is 1.65 bits per heavy atom. The molecule has 0 radical (unpaired) electrons. The highest BCUT2D eigenvalue weighted by Crippen LogP contribution is 2.47. The van der Waals surface area contributed by atoms with Crippen molar-refractivity contribution >= 4 is 29.1 Å². The molecule has 31 heavy (non-hydrogen) atoms. The first kappa shape index (κ1) is 19.5. The Kier molecular flexibility index (Phi) is 5.02. The van der Waals surface area contributed by atoms with E-state index >= 15 is 0 Å². The lowest BCUT2D eigenvalue weighted by molar-refractivity contribution is 0.0698. The van der Waals surface area contributed by atoms with Crippen LogP contribution in [-0.2, 0) is 0 Å². The number of piperidine rings is 1. The molecule has 3 aliphatic rings. The first-order valence-electron chi connectivity index (χ1n) is 10.7. The van der Waals surface area contributed by atoms with Gasteiger partial charge in [-0.1, -0.05) is 42.5 Å². The van der Waals surface area contributed by atoms with E-state index in [1.54, 1.807) is 23.1 Å². The Morgan fingerprint density at radius 3 is 2.39 bits per heavy atom. The summed E-state index contributed by atoms with van der Waals surface area (Å²) < 4.78 is 0. The standard InChI is InChI=1S/C24H24N4O3/c29-23(30)17-8-4-5-9-20(17)25-24(31)28-12-10-16(11-13-28)22-19-14-18(19)21(26-27-22)15-6-2-1-3-7-15/h1-9,16,18-19H,10-14H2,(H,25,31)(H,29,30). The van der Waals surface area contributed by atoms with E-state index in [2.05, 4.69) is 27.7 Å². The number of urea groups is 1. The second kappa shape index (κ2) is 7.98. The van der Waals surface area contributed by atoms with Gasteiger partial charge in [0.1, 0.15) is 0 Å². The fraction of sp³-hybridized carbons (Fsp3) is 0.333. The van der Waals surface area contributed by atoms with E-state index in [0.29, 0.717) is 36.5 Å². The Bertz CT molecular complexity index is 1070. The third-order valence-corrected chi connectivity index (χ3v) is 6.46. The number of hydrogen-bond donors (Lipinski definition) is 2. The van der Waals surface area contributed by atoms with Crippen molar-refractivity contribution in [1.82, 2.24) is 4.90 Å². The van der Waals surface area contributed by atoms with Gasteiger partial charge in [-0.05, 0) is 37.0 Å². The first-order valence-corrected chi connectivity index (χ1v) is 10.7. The number of aromatic carboxylic acids is 1. The van der Waals surface area contributed by atoms with Gasteiger partial charge in [0.05, 0.1) is 17.0 Å². The molecule has 2 N–H and O–H groups in total. The SMILES string of the molecule is O=C(O)c1ccccc1NC(=O)N1CCC(C2=NN=C(c3ccccc3)C3CC23)CC1. The van der Waals surface area contributed by atoms with Gasteiger partial charge in [-0.3, -0.25) is 0 Å². The number of fused-ring (bicyclic) bond motifs is 1. The number of carbonyl (C=O) groups excluding carboxylic acids is 1. The Morgan fingerprint density at radius 1 is 0.935 bits per heavy atom. The van der Waals surface area contributed by atoms with Crippen LogP contribution in [0.2, 0.25) is 0 Å². The van der Waals surface area contributed by atoms with Gasteiger partial charge in [0.15, 0.2) is 0 Å². The van der Waals surface area contributed by atoms with Crippen molar-refractivity contribution in [3.05, 3.63) is 65.7 Å². The van der Waals surface area contributed by atoms with Crippen LogP contribution in [-0.4, -0.2) is 46.5 Å². The van der Waals surface area contributed by atoms with Crippen molar-refractivity contribution in [2.75, 3.05) is 18.4 Å². The molecule has 2 amide bonds. The number of amides is 2. The fourth-order valence-corrected chi connectivity index (χ4v) is 4.70. The summed E-state index contributed by atoms with van der Waals surface area (Å²) in [6, 6.07) is 16.5. The zero-order chi connectivity index (χ0) is 21.4. The molecule has 1 saturated heterocycles. The zero-order valence-electron chi connectivity index (χ0n) is 17.1. The van der Waals surface area contributed by atoms with E-state index < -0.39 is 5.97 Å². The lowest BCUT2D eigenvalue weighted by atomic mass is 9.88. The van der Waals surface area contributed by atoms with E-state index in [1.165, 1.54) is 11.8 Å². The van der Waals surface area contributed by atoms with Gasteiger partial charge in [-0.15, -0.1) is 0 Å². The molecule has 5 rings (SSSR count). The van der Waals surface area contributed by atoms with Crippen molar-refractivity contribution in [2.45, 2.75) is 19.3 Å². The molecule has 2 aromatic carbocycles. The van der Waals surface area contributed by atoms with Crippen molar-refractivity contribution < 1.29 is 14.7 Å². The number of anilines is 1. The van der Waals surface area contributed by atoms with Crippen molar-refractivity contribution in [2.24, 2.45) is 28.0 Å². The molecule has 2 heterocycles. The number of likely N-dealkylation sites (tertiary alicyclic amines) is 1. The summed E-state index contributed by atoms with van der Waals surface area (Å²) in [5.41, 5.74) is 3.87. The number of carbonyl (C=O) groups is 2. The maximum atomic E-state index is 12.7. The molecule has 1 saturated carbocycles. The predicted octanol–water partition coefficient (Wildman–Crippen LogP) is 4.12. The van der Waals surface area contributed by atoms with Crippen LogP contribution >= 0.6 is 0 Å². The summed E-state index contributed by atoms with van der Waals surface area (Å²) in [4.78, 5) is 25.8. The number of hydrogen-bond acceptors (Lipinski definition) is 4. The van der Waals surface area contributed by atoms with E-state index in [9.17, 15) is 14.7 Å². The summed E-state index contributed by atoms with van der Waals surface area (Å²) in [6.45, 7) is 1.24. The Labute approximate surface area is 180 Å². The lowest BCUT2D eigenvalue weighted by Gasteiger charge is -2.33. The van der Waals surface area contributed by atoms with Crippen LogP contribution in [0.5, 0.6) is 0 Å². The first-order chi connectivity index (χ1) is 15.1. The molecule has 2 aliphatic heterocycles. The van der Waals surface area contributed by atoms with Gasteiger partial charge in [0.2, 0.25) is 0 Å². The highest BCUT2D eigenvalue weighted by Gasteiger charge is 2.49. The number of nitrogens with one attached hydrogen (secondary N) is 1. The lowest BCUT2D eigenvalue weighted by Crippen LogP contribution is -2.43. The van der Waals surface area contributed by atoms with Crippen molar-refractivity contribution in [1.29, 1.82) is 0 Å². The molecule has 2 unspecified atom stereocenters. The number of nitrogens with zero attached hydrogens (tertiary/aromatic N) is 3. The van der Waals surface area contributed by atoms with Gasteiger partial charge >= 0.3 is 12.0 Å². The van der Waals surface area contributed by atoms with Crippen molar-refractivity contribution in [3.8, 4) is 0 Å². The van der Waals surface area contributed by atoms with Crippen LogP contribution in [0.25, 0.3) is 0 Å². The third kappa shape index (κ3) is 3.83. The van der Waals surface area contributed by atoms with Crippen molar-refractivity contribution in [3.63, 3.8) is 0 Å². The van der Waals surface area contributed by atoms with E-state index in [4.69, 9.17) is 0 Å². The summed E-state index contributed by atoms with van der Waals surface area (Å²) in [6.07, 6.45) is 2.82. The monoisotopic (exact) mass is 416 g/mol. The summed E-state index contributed by atoms with van der Waals surface area (Å²) in [5, 5.41) is 21.2. The second-order valence-electron chi connectivity index (χ2n) is 8.37. The molecule has 7 heteroatoms. The molecule has 0 bridgehead atoms. The van der Waals surface area contributed by atoms with E-state index in [0.717, 1.165) is 30.5 Å². The quantitative estimate of drug-likeness (QED) is 0.785. The highest BCUT2D eigenvalue weighted by molar-refractivity contribution is 6.10. The van der Waals surface area contributed by atoms with E-state index in [1.807, 2.05) is 18.2 Å². The predicted molar refractivity (Wildman–Crippen MR) is 119 cm³/mol. The molecule has 1 aliphatic carbocycles. The van der Waals surface area contributed by atoms with Gasteiger partial charge < -0.3 is 15.3 Å².